The molecule has 1 saturated carbocycles. The van der Waals surface area contributed by atoms with Crippen LogP contribution in [0, 0.1) is 0 Å². The summed E-state index contributed by atoms with van der Waals surface area (Å²) < 4.78 is 0. The molecule has 116 valence electrons. The van der Waals surface area contributed by atoms with E-state index >= 15 is 0 Å². The molecule has 21 heavy (non-hydrogen) atoms. The van der Waals surface area contributed by atoms with Gasteiger partial charge in [-0.25, -0.2) is 0 Å². The molecule has 0 spiro atoms. The summed E-state index contributed by atoms with van der Waals surface area (Å²) >= 11 is 0. The number of likely N-dealkylation sites (tertiary alicyclic amines) is 1. The number of hydrogen-bond donors (Lipinski definition) is 3. The second-order valence-electron chi connectivity index (χ2n) is 6.07. The zero-order valence-electron chi connectivity index (χ0n) is 12.8. The maximum Gasteiger partial charge on any atom is 0.191 e. The lowest BCUT2D eigenvalue weighted by Gasteiger charge is -2.24. The number of guanidine groups is 1. The summed E-state index contributed by atoms with van der Waals surface area (Å²) in [5.74, 6) is 0.878. The third-order valence-corrected chi connectivity index (χ3v) is 4.63. The minimum absolute atomic E-state index is 0.513. The van der Waals surface area contributed by atoms with Gasteiger partial charge < -0.3 is 10.6 Å². The molecule has 1 aliphatic heterocycles. The average molecular weight is 290 g/mol. The monoisotopic (exact) mass is 290 g/mol. The molecule has 2 heterocycles. The Bertz CT molecular complexity index is 449. The summed E-state index contributed by atoms with van der Waals surface area (Å²) in [6.45, 7) is 3.09. The summed E-state index contributed by atoms with van der Waals surface area (Å²) in [6.07, 6.45) is 8.57. The maximum absolute atomic E-state index is 4.32. The quantitative estimate of drug-likeness (QED) is 0.573. The van der Waals surface area contributed by atoms with Crippen LogP contribution in [0.1, 0.15) is 37.8 Å². The van der Waals surface area contributed by atoms with Crippen molar-refractivity contribution < 1.29 is 0 Å². The molecule has 0 bridgehead atoms. The first-order valence-corrected chi connectivity index (χ1v) is 8.04. The number of nitrogens with one attached hydrogen (secondary N) is 3. The van der Waals surface area contributed by atoms with Crippen LogP contribution in [-0.2, 0) is 6.54 Å². The second kappa shape index (κ2) is 6.93. The van der Waals surface area contributed by atoms with E-state index in [4.69, 9.17) is 0 Å². The molecular weight excluding hydrogens is 264 g/mol. The van der Waals surface area contributed by atoms with Crippen molar-refractivity contribution in [3.05, 3.63) is 18.0 Å². The Morgan fingerprint density at radius 2 is 2.29 bits per heavy atom. The van der Waals surface area contributed by atoms with Crippen molar-refractivity contribution in [3.63, 3.8) is 0 Å². The van der Waals surface area contributed by atoms with Crippen molar-refractivity contribution in [1.82, 2.24) is 25.7 Å². The average Bonchev–Trinajstić information content (AvgIpc) is 3.24. The van der Waals surface area contributed by atoms with Gasteiger partial charge in [0.15, 0.2) is 5.96 Å². The molecule has 1 saturated heterocycles. The van der Waals surface area contributed by atoms with E-state index in [1.54, 1.807) is 6.20 Å². The molecule has 0 radical (unpaired) electrons. The van der Waals surface area contributed by atoms with Crippen LogP contribution in [0.15, 0.2) is 17.3 Å². The number of nitrogens with zero attached hydrogens (tertiary/aromatic N) is 3. The number of aromatic amines is 1. The van der Waals surface area contributed by atoms with Gasteiger partial charge in [0, 0.05) is 38.4 Å². The summed E-state index contributed by atoms with van der Waals surface area (Å²) in [5.41, 5.74) is 1.07. The van der Waals surface area contributed by atoms with Crippen LogP contribution >= 0.6 is 0 Å². The highest BCUT2D eigenvalue weighted by atomic mass is 15.3. The fraction of sp³-hybridized carbons (Fsp3) is 0.733. The zero-order chi connectivity index (χ0) is 14.5. The summed E-state index contributed by atoms with van der Waals surface area (Å²) in [7, 11) is 1.83. The molecule has 1 aliphatic carbocycles. The fourth-order valence-corrected chi connectivity index (χ4v) is 3.46. The van der Waals surface area contributed by atoms with Gasteiger partial charge in [-0.3, -0.25) is 15.0 Å². The molecule has 2 aliphatic rings. The Balaban J connectivity index is 1.44. The van der Waals surface area contributed by atoms with Crippen LogP contribution < -0.4 is 10.6 Å². The third kappa shape index (κ3) is 3.75. The smallest absolute Gasteiger partial charge is 0.191 e. The third-order valence-electron chi connectivity index (χ3n) is 4.63. The first-order valence-electron chi connectivity index (χ1n) is 8.04. The lowest BCUT2D eigenvalue weighted by Crippen LogP contribution is -2.45. The summed E-state index contributed by atoms with van der Waals surface area (Å²) in [5, 5.41) is 13.8. The highest BCUT2D eigenvalue weighted by molar-refractivity contribution is 5.79. The molecular formula is C15H26N6. The Labute approximate surface area is 126 Å². The molecule has 0 amide bonds. The lowest BCUT2D eigenvalue weighted by atomic mass is 10.2. The van der Waals surface area contributed by atoms with Gasteiger partial charge in [-0.15, -0.1) is 0 Å². The van der Waals surface area contributed by atoms with Crippen LogP contribution in [0.2, 0.25) is 0 Å². The van der Waals surface area contributed by atoms with Crippen LogP contribution in [0.3, 0.4) is 0 Å². The number of aromatic nitrogens is 2. The van der Waals surface area contributed by atoms with E-state index in [-0.39, 0.29) is 0 Å². The minimum atomic E-state index is 0.513. The highest BCUT2D eigenvalue weighted by Gasteiger charge is 2.30. The molecule has 3 rings (SSSR count). The van der Waals surface area contributed by atoms with Gasteiger partial charge in [0.2, 0.25) is 0 Å². The van der Waals surface area contributed by atoms with Crippen molar-refractivity contribution >= 4 is 5.96 Å². The standard InChI is InChI=1S/C15H26N6/c1-16-15(17-10-12-6-8-18-20-12)19-13-7-9-21(11-13)14-4-2-3-5-14/h6,8,13-14H,2-5,7,9-11H2,1H3,(H,18,20)(H2,16,17,19). The predicted octanol–water partition coefficient (Wildman–Crippen LogP) is 1.09. The largest absolute Gasteiger partial charge is 0.352 e. The van der Waals surface area contributed by atoms with E-state index in [1.165, 1.54) is 38.6 Å². The first kappa shape index (κ1) is 14.4. The Hall–Kier alpha value is -1.56. The molecule has 3 N–H and O–H groups in total. The van der Waals surface area contributed by atoms with E-state index in [2.05, 4.69) is 30.7 Å². The molecule has 1 aromatic heterocycles. The summed E-state index contributed by atoms with van der Waals surface area (Å²) in [4.78, 5) is 6.97. The van der Waals surface area contributed by atoms with Gasteiger partial charge >= 0.3 is 0 Å². The van der Waals surface area contributed by atoms with E-state index < -0.39 is 0 Å². The van der Waals surface area contributed by atoms with Gasteiger partial charge in [-0.2, -0.15) is 5.10 Å². The van der Waals surface area contributed by atoms with E-state index in [1.807, 2.05) is 13.1 Å². The van der Waals surface area contributed by atoms with Crippen LogP contribution in [-0.4, -0.2) is 53.3 Å². The van der Waals surface area contributed by atoms with Gasteiger partial charge in [0.25, 0.3) is 0 Å². The van der Waals surface area contributed by atoms with Crippen LogP contribution in [0.25, 0.3) is 0 Å². The van der Waals surface area contributed by atoms with E-state index in [0.717, 1.165) is 30.8 Å². The molecule has 6 heteroatoms. The minimum Gasteiger partial charge on any atom is -0.352 e. The number of aliphatic imine (C=N–C) groups is 1. The maximum atomic E-state index is 4.32. The number of hydrogen-bond acceptors (Lipinski definition) is 3. The Morgan fingerprint density at radius 3 is 3.00 bits per heavy atom. The lowest BCUT2D eigenvalue weighted by molar-refractivity contribution is 0.242. The zero-order valence-corrected chi connectivity index (χ0v) is 12.8. The molecule has 6 nitrogen and oxygen atoms in total. The van der Waals surface area contributed by atoms with Gasteiger partial charge in [0.05, 0.1) is 12.2 Å². The van der Waals surface area contributed by atoms with Crippen molar-refractivity contribution in [2.45, 2.75) is 50.7 Å². The van der Waals surface area contributed by atoms with Crippen LogP contribution in [0.4, 0.5) is 0 Å². The Morgan fingerprint density at radius 1 is 1.43 bits per heavy atom. The number of H-pyrrole nitrogens is 1. The molecule has 1 aromatic rings. The molecule has 1 atom stereocenters. The van der Waals surface area contributed by atoms with E-state index in [0.29, 0.717) is 6.04 Å². The molecule has 0 aromatic carbocycles. The topological polar surface area (TPSA) is 68.3 Å². The fourth-order valence-electron chi connectivity index (χ4n) is 3.46. The normalized spacial score (nSPS) is 24.6. The Kier molecular flexibility index (Phi) is 4.75. The first-order chi connectivity index (χ1) is 10.3. The van der Waals surface area contributed by atoms with Crippen molar-refractivity contribution in [2.24, 2.45) is 4.99 Å². The highest BCUT2D eigenvalue weighted by Crippen LogP contribution is 2.26. The van der Waals surface area contributed by atoms with Crippen molar-refractivity contribution in [2.75, 3.05) is 20.1 Å². The van der Waals surface area contributed by atoms with Gasteiger partial charge in [-0.05, 0) is 25.3 Å². The SMILES string of the molecule is CN=C(NCc1ccn[nH]1)NC1CCN(C2CCCC2)C1. The van der Waals surface area contributed by atoms with E-state index in [9.17, 15) is 0 Å². The van der Waals surface area contributed by atoms with Crippen molar-refractivity contribution in [1.29, 1.82) is 0 Å². The summed E-state index contributed by atoms with van der Waals surface area (Å²) in [6, 6.07) is 3.31. The van der Waals surface area contributed by atoms with Crippen LogP contribution in [0.5, 0.6) is 0 Å². The van der Waals surface area contributed by atoms with Crippen molar-refractivity contribution in [3.8, 4) is 0 Å². The predicted molar refractivity (Wildman–Crippen MR) is 84.2 cm³/mol. The number of rotatable bonds is 4. The van der Waals surface area contributed by atoms with Gasteiger partial charge in [-0.1, -0.05) is 12.8 Å². The molecule has 1 unspecified atom stereocenters. The second-order valence-corrected chi connectivity index (χ2v) is 6.07. The van der Waals surface area contributed by atoms with Gasteiger partial charge in [0.1, 0.15) is 0 Å². The molecule has 2 fully saturated rings.